The van der Waals surface area contributed by atoms with Crippen LogP contribution in [0, 0.1) is 0 Å². The normalized spacial score (nSPS) is 16.7. The summed E-state index contributed by atoms with van der Waals surface area (Å²) in [5.41, 5.74) is 3.30. The molecule has 4 rings (SSSR count). The smallest absolute Gasteiger partial charge is 0.255 e. The van der Waals surface area contributed by atoms with Crippen molar-refractivity contribution < 1.29 is 4.74 Å². The molecule has 1 aliphatic heterocycles. The lowest BCUT2D eigenvalue weighted by Crippen LogP contribution is -2.41. The van der Waals surface area contributed by atoms with E-state index in [4.69, 9.17) is 9.72 Å². The van der Waals surface area contributed by atoms with E-state index in [2.05, 4.69) is 44.0 Å². The number of benzene rings is 1. The van der Waals surface area contributed by atoms with Gasteiger partial charge in [-0.3, -0.25) is 9.36 Å². The van der Waals surface area contributed by atoms with Crippen molar-refractivity contribution in [2.24, 2.45) is 7.05 Å². The number of ether oxygens (including phenoxy) is 1. The molecule has 8 nitrogen and oxygen atoms in total. The van der Waals surface area contributed by atoms with Crippen LogP contribution in [0.25, 0.3) is 11.4 Å². The van der Waals surface area contributed by atoms with Crippen LogP contribution in [0.1, 0.15) is 11.7 Å². The van der Waals surface area contributed by atoms with Crippen LogP contribution in [-0.2, 0) is 11.8 Å². The molecule has 150 valence electrons. The summed E-state index contributed by atoms with van der Waals surface area (Å²) in [4.78, 5) is 29.6. The predicted octanol–water partition coefficient (Wildman–Crippen LogP) is 1.88. The standard InChI is InChI=1S/C21H24N6O2/c1-25(2)16-6-4-15(5-7-16)19-13-27(10-11-29-19)21-24-18(12-20(28)26(21)3)17-8-9-22-14-23-17/h4-9,12,14,19H,10-11,13H2,1-3H3. The van der Waals surface area contributed by atoms with Crippen molar-refractivity contribution in [3.8, 4) is 11.4 Å². The molecule has 29 heavy (non-hydrogen) atoms. The third kappa shape index (κ3) is 3.97. The summed E-state index contributed by atoms with van der Waals surface area (Å²) in [6.45, 7) is 1.85. The van der Waals surface area contributed by atoms with Crippen molar-refractivity contribution in [2.45, 2.75) is 6.10 Å². The van der Waals surface area contributed by atoms with Crippen LogP contribution in [-0.4, -0.2) is 53.3 Å². The maximum Gasteiger partial charge on any atom is 0.255 e. The van der Waals surface area contributed by atoms with Gasteiger partial charge < -0.3 is 14.5 Å². The van der Waals surface area contributed by atoms with E-state index in [-0.39, 0.29) is 11.7 Å². The minimum absolute atomic E-state index is 0.0837. The van der Waals surface area contributed by atoms with Gasteiger partial charge >= 0.3 is 0 Å². The van der Waals surface area contributed by atoms with Gasteiger partial charge in [0.1, 0.15) is 12.4 Å². The fraction of sp³-hybridized carbons (Fsp3) is 0.333. The molecule has 1 aliphatic rings. The Kier molecular flexibility index (Phi) is 5.26. The molecule has 8 heteroatoms. The molecule has 0 radical (unpaired) electrons. The second-order valence-corrected chi connectivity index (χ2v) is 7.22. The molecule has 3 heterocycles. The van der Waals surface area contributed by atoms with Gasteiger partial charge in [0.25, 0.3) is 5.56 Å². The Hall–Kier alpha value is -3.26. The Morgan fingerprint density at radius 3 is 2.62 bits per heavy atom. The Morgan fingerprint density at radius 1 is 1.14 bits per heavy atom. The highest BCUT2D eigenvalue weighted by atomic mass is 16.5. The van der Waals surface area contributed by atoms with Gasteiger partial charge in [0.15, 0.2) is 0 Å². The summed E-state index contributed by atoms with van der Waals surface area (Å²) < 4.78 is 7.58. The van der Waals surface area contributed by atoms with Crippen molar-refractivity contribution in [2.75, 3.05) is 43.6 Å². The van der Waals surface area contributed by atoms with Gasteiger partial charge in [-0.05, 0) is 23.8 Å². The highest BCUT2D eigenvalue weighted by molar-refractivity contribution is 5.55. The highest BCUT2D eigenvalue weighted by Crippen LogP contribution is 2.27. The lowest BCUT2D eigenvalue weighted by Gasteiger charge is -2.34. The van der Waals surface area contributed by atoms with Crippen molar-refractivity contribution in [3.05, 3.63) is 64.8 Å². The summed E-state index contributed by atoms with van der Waals surface area (Å²) in [7, 11) is 5.78. The highest BCUT2D eigenvalue weighted by Gasteiger charge is 2.25. The SMILES string of the molecule is CN(C)c1ccc(C2CN(c3nc(-c4ccncn4)cc(=O)n3C)CCO2)cc1. The third-order valence-electron chi connectivity index (χ3n) is 5.09. The molecule has 2 aromatic heterocycles. The lowest BCUT2D eigenvalue weighted by molar-refractivity contribution is 0.0390. The Morgan fingerprint density at radius 2 is 1.93 bits per heavy atom. The van der Waals surface area contributed by atoms with Crippen LogP contribution >= 0.6 is 0 Å². The molecular weight excluding hydrogens is 368 g/mol. The first-order chi connectivity index (χ1) is 14.0. The van der Waals surface area contributed by atoms with Crippen molar-refractivity contribution >= 4 is 11.6 Å². The van der Waals surface area contributed by atoms with Gasteiger partial charge in [0.2, 0.25) is 5.95 Å². The molecule has 3 aromatic rings. The topological polar surface area (TPSA) is 76.4 Å². The predicted molar refractivity (Wildman–Crippen MR) is 112 cm³/mol. The molecule has 0 saturated carbocycles. The number of morpholine rings is 1. The van der Waals surface area contributed by atoms with Crippen molar-refractivity contribution in [1.82, 2.24) is 19.5 Å². The zero-order valence-electron chi connectivity index (χ0n) is 16.8. The van der Waals surface area contributed by atoms with E-state index in [9.17, 15) is 4.79 Å². The number of anilines is 2. The Bertz CT molecular complexity index is 1030. The average molecular weight is 392 g/mol. The molecule has 0 bridgehead atoms. The molecule has 0 N–H and O–H groups in total. The van der Waals surface area contributed by atoms with Crippen molar-refractivity contribution in [1.29, 1.82) is 0 Å². The Balaban J connectivity index is 1.62. The first-order valence-corrected chi connectivity index (χ1v) is 9.51. The molecule has 0 aliphatic carbocycles. The van der Waals surface area contributed by atoms with E-state index in [0.29, 0.717) is 37.0 Å². The molecule has 0 amide bonds. The molecule has 1 fully saturated rings. The summed E-state index contributed by atoms with van der Waals surface area (Å²) >= 11 is 0. The number of hydrogen-bond donors (Lipinski definition) is 0. The largest absolute Gasteiger partial charge is 0.378 e. The number of hydrogen-bond acceptors (Lipinski definition) is 7. The first-order valence-electron chi connectivity index (χ1n) is 9.51. The van der Waals surface area contributed by atoms with Gasteiger partial charge in [0.05, 0.1) is 24.5 Å². The molecular formula is C21H24N6O2. The summed E-state index contributed by atoms with van der Waals surface area (Å²) in [6.07, 6.45) is 3.01. The average Bonchev–Trinajstić information content (AvgIpc) is 2.76. The lowest BCUT2D eigenvalue weighted by atomic mass is 10.1. The maximum absolute atomic E-state index is 12.5. The molecule has 1 saturated heterocycles. The van der Waals surface area contributed by atoms with Gasteiger partial charge in [-0.25, -0.2) is 15.0 Å². The summed E-state index contributed by atoms with van der Waals surface area (Å²) in [5, 5.41) is 0. The van der Waals surface area contributed by atoms with Crippen LogP contribution in [0.4, 0.5) is 11.6 Å². The molecule has 1 atom stereocenters. The van der Waals surface area contributed by atoms with Gasteiger partial charge in [0, 0.05) is 45.6 Å². The second kappa shape index (κ2) is 8.00. The second-order valence-electron chi connectivity index (χ2n) is 7.22. The maximum atomic E-state index is 12.5. The number of rotatable bonds is 4. The number of nitrogens with zero attached hydrogens (tertiary/aromatic N) is 6. The first kappa shape index (κ1) is 19.1. The van der Waals surface area contributed by atoms with Gasteiger partial charge in [-0.2, -0.15) is 0 Å². The minimum Gasteiger partial charge on any atom is -0.378 e. The van der Waals surface area contributed by atoms with Crippen LogP contribution < -0.4 is 15.4 Å². The van der Waals surface area contributed by atoms with Crippen LogP contribution in [0.2, 0.25) is 0 Å². The van der Waals surface area contributed by atoms with E-state index in [0.717, 1.165) is 11.3 Å². The minimum atomic E-state index is -0.123. The zero-order valence-corrected chi connectivity index (χ0v) is 16.8. The van der Waals surface area contributed by atoms with Gasteiger partial charge in [-0.1, -0.05) is 12.1 Å². The third-order valence-corrected chi connectivity index (χ3v) is 5.09. The van der Waals surface area contributed by atoms with Gasteiger partial charge in [-0.15, -0.1) is 0 Å². The van der Waals surface area contributed by atoms with Crippen LogP contribution in [0.3, 0.4) is 0 Å². The summed E-state index contributed by atoms with van der Waals surface area (Å²) in [5.74, 6) is 0.615. The monoisotopic (exact) mass is 392 g/mol. The van der Waals surface area contributed by atoms with E-state index in [1.807, 2.05) is 14.1 Å². The van der Waals surface area contributed by atoms with Crippen LogP contribution in [0.15, 0.2) is 53.7 Å². The van der Waals surface area contributed by atoms with E-state index in [1.165, 1.54) is 12.4 Å². The molecule has 0 spiro atoms. The zero-order chi connectivity index (χ0) is 20.4. The van der Waals surface area contributed by atoms with E-state index < -0.39 is 0 Å². The van der Waals surface area contributed by atoms with E-state index in [1.54, 1.807) is 23.9 Å². The fourth-order valence-corrected chi connectivity index (χ4v) is 3.40. The Labute approximate surface area is 169 Å². The summed E-state index contributed by atoms with van der Waals surface area (Å²) in [6, 6.07) is 11.6. The quantitative estimate of drug-likeness (QED) is 0.671. The van der Waals surface area contributed by atoms with E-state index >= 15 is 0 Å². The number of aromatic nitrogens is 4. The fourth-order valence-electron chi connectivity index (χ4n) is 3.40. The molecule has 1 unspecified atom stereocenters. The van der Waals surface area contributed by atoms with Crippen molar-refractivity contribution in [3.63, 3.8) is 0 Å². The molecule has 1 aromatic carbocycles. The van der Waals surface area contributed by atoms with Crippen LogP contribution in [0.5, 0.6) is 0 Å².